The van der Waals surface area contributed by atoms with Crippen LogP contribution in [0.4, 0.5) is 11.4 Å². The summed E-state index contributed by atoms with van der Waals surface area (Å²) in [4.78, 5) is 24.2. The standard InChI is InChI=1S/C29H31N5O2/c30-20-24-19-23(8-11-26(24)33-29(35)22-4-2-1-3-5-22)27-12-13-31-28(32-27)18-21-6-9-25(10-7-21)34-14-16-36-17-15-34/h6-13,19,22H,1-5,14-18H2,(H,33,35). The molecule has 5 rings (SSSR count). The van der Waals surface area contributed by atoms with Crippen molar-refractivity contribution in [2.45, 2.75) is 38.5 Å². The van der Waals surface area contributed by atoms with Crippen molar-refractivity contribution in [3.8, 4) is 17.3 Å². The molecule has 0 bridgehead atoms. The normalized spacial score (nSPS) is 16.4. The molecular formula is C29H31N5O2. The van der Waals surface area contributed by atoms with E-state index in [9.17, 15) is 10.1 Å². The second kappa shape index (κ2) is 11.3. The first kappa shape index (κ1) is 24.0. The van der Waals surface area contributed by atoms with Gasteiger partial charge in [-0.1, -0.05) is 37.5 Å². The predicted octanol–water partition coefficient (Wildman–Crippen LogP) is 4.96. The minimum absolute atomic E-state index is 0.0166. The highest BCUT2D eigenvalue weighted by Gasteiger charge is 2.22. The summed E-state index contributed by atoms with van der Waals surface area (Å²) in [6.07, 6.45) is 7.61. The monoisotopic (exact) mass is 481 g/mol. The van der Waals surface area contributed by atoms with Crippen LogP contribution in [-0.4, -0.2) is 42.2 Å². The molecular weight excluding hydrogens is 450 g/mol. The van der Waals surface area contributed by atoms with Gasteiger partial charge in [0, 0.05) is 42.9 Å². The number of carbonyl (C=O) groups is 1. The van der Waals surface area contributed by atoms with Crippen molar-refractivity contribution in [2.24, 2.45) is 5.92 Å². The molecule has 1 aromatic heterocycles. The average molecular weight is 482 g/mol. The van der Waals surface area contributed by atoms with Gasteiger partial charge in [-0.2, -0.15) is 5.26 Å². The first-order chi connectivity index (χ1) is 17.7. The third-order valence-electron chi connectivity index (χ3n) is 7.05. The number of nitrogens with one attached hydrogen (secondary N) is 1. The Balaban J connectivity index is 1.28. The van der Waals surface area contributed by atoms with Crippen LogP contribution >= 0.6 is 0 Å². The van der Waals surface area contributed by atoms with Crippen molar-refractivity contribution in [3.05, 3.63) is 71.7 Å². The third kappa shape index (κ3) is 5.72. The molecule has 1 aliphatic carbocycles. The van der Waals surface area contributed by atoms with E-state index in [4.69, 9.17) is 9.72 Å². The highest BCUT2D eigenvalue weighted by atomic mass is 16.5. The van der Waals surface area contributed by atoms with Crippen molar-refractivity contribution in [2.75, 3.05) is 36.5 Å². The molecule has 1 saturated heterocycles. The second-order valence-electron chi connectivity index (χ2n) is 9.50. The number of nitrogens with zero attached hydrogens (tertiary/aromatic N) is 4. The quantitative estimate of drug-likeness (QED) is 0.535. The maximum absolute atomic E-state index is 12.7. The van der Waals surface area contributed by atoms with Gasteiger partial charge in [0.25, 0.3) is 0 Å². The molecule has 7 heteroatoms. The van der Waals surface area contributed by atoms with E-state index in [1.807, 2.05) is 12.1 Å². The number of hydrogen-bond donors (Lipinski definition) is 1. The molecule has 2 heterocycles. The fourth-order valence-electron chi connectivity index (χ4n) is 4.98. The Bertz CT molecular complexity index is 1240. The molecule has 7 nitrogen and oxygen atoms in total. The smallest absolute Gasteiger partial charge is 0.227 e. The SMILES string of the molecule is N#Cc1cc(-c2ccnc(Cc3ccc(N4CCOCC4)cc3)n2)ccc1NC(=O)C1CCCCC1. The maximum Gasteiger partial charge on any atom is 0.227 e. The van der Waals surface area contributed by atoms with E-state index in [0.29, 0.717) is 17.7 Å². The number of benzene rings is 2. The van der Waals surface area contributed by atoms with Gasteiger partial charge in [0.05, 0.1) is 30.2 Å². The summed E-state index contributed by atoms with van der Waals surface area (Å²) in [5, 5.41) is 12.7. The number of nitriles is 1. The lowest BCUT2D eigenvalue weighted by atomic mass is 9.88. The van der Waals surface area contributed by atoms with E-state index < -0.39 is 0 Å². The van der Waals surface area contributed by atoms with E-state index in [1.165, 1.54) is 12.1 Å². The van der Waals surface area contributed by atoms with Gasteiger partial charge >= 0.3 is 0 Å². The molecule has 2 aromatic carbocycles. The van der Waals surface area contributed by atoms with Crippen molar-refractivity contribution in [1.29, 1.82) is 5.26 Å². The number of hydrogen-bond acceptors (Lipinski definition) is 6. The Morgan fingerprint density at radius 3 is 2.58 bits per heavy atom. The number of carbonyl (C=O) groups excluding carboxylic acids is 1. The van der Waals surface area contributed by atoms with Crippen molar-refractivity contribution >= 4 is 17.3 Å². The predicted molar refractivity (Wildman–Crippen MR) is 140 cm³/mol. The Hall–Kier alpha value is -3.76. The van der Waals surface area contributed by atoms with Crippen molar-refractivity contribution in [1.82, 2.24) is 9.97 Å². The van der Waals surface area contributed by atoms with Crippen molar-refractivity contribution < 1.29 is 9.53 Å². The van der Waals surface area contributed by atoms with E-state index in [-0.39, 0.29) is 11.8 Å². The summed E-state index contributed by atoms with van der Waals surface area (Å²) in [6, 6.07) is 18.1. The topological polar surface area (TPSA) is 91.1 Å². The van der Waals surface area contributed by atoms with Crippen LogP contribution in [0, 0.1) is 17.2 Å². The molecule has 184 valence electrons. The van der Waals surface area contributed by atoms with E-state index >= 15 is 0 Å². The number of amides is 1. The van der Waals surface area contributed by atoms with Crippen LogP contribution < -0.4 is 10.2 Å². The molecule has 3 aromatic rings. The number of anilines is 2. The van der Waals surface area contributed by atoms with Gasteiger partial charge in [-0.3, -0.25) is 4.79 Å². The van der Waals surface area contributed by atoms with E-state index in [0.717, 1.165) is 74.6 Å². The molecule has 0 unspecified atom stereocenters. The summed E-state index contributed by atoms with van der Waals surface area (Å²) < 4.78 is 5.44. The van der Waals surface area contributed by atoms with E-state index in [2.05, 4.69) is 45.5 Å². The molecule has 36 heavy (non-hydrogen) atoms. The van der Waals surface area contributed by atoms with Crippen LogP contribution in [0.2, 0.25) is 0 Å². The maximum atomic E-state index is 12.7. The Kier molecular flexibility index (Phi) is 7.53. The minimum Gasteiger partial charge on any atom is -0.378 e. The second-order valence-corrected chi connectivity index (χ2v) is 9.50. The first-order valence-electron chi connectivity index (χ1n) is 12.8. The number of aromatic nitrogens is 2. The lowest BCUT2D eigenvalue weighted by molar-refractivity contribution is -0.120. The van der Waals surface area contributed by atoms with Gasteiger partial charge in [-0.25, -0.2) is 9.97 Å². The summed E-state index contributed by atoms with van der Waals surface area (Å²) >= 11 is 0. The molecule has 0 radical (unpaired) electrons. The molecule has 1 amide bonds. The van der Waals surface area contributed by atoms with Crippen LogP contribution in [-0.2, 0) is 16.0 Å². The van der Waals surface area contributed by atoms with Crippen LogP contribution in [0.3, 0.4) is 0 Å². The zero-order valence-electron chi connectivity index (χ0n) is 20.4. The third-order valence-corrected chi connectivity index (χ3v) is 7.05. The fraction of sp³-hybridized carbons (Fsp3) is 0.379. The zero-order valence-corrected chi connectivity index (χ0v) is 20.4. The Labute approximate surface area is 212 Å². The largest absolute Gasteiger partial charge is 0.378 e. The zero-order chi connectivity index (χ0) is 24.7. The molecule has 2 aliphatic rings. The summed E-state index contributed by atoms with van der Waals surface area (Å²) in [5.74, 6) is 0.778. The number of rotatable bonds is 6. The van der Waals surface area contributed by atoms with Gasteiger partial charge in [0.2, 0.25) is 5.91 Å². The van der Waals surface area contributed by atoms with Crippen LogP contribution in [0.25, 0.3) is 11.3 Å². The van der Waals surface area contributed by atoms with Crippen molar-refractivity contribution in [3.63, 3.8) is 0 Å². The van der Waals surface area contributed by atoms with E-state index in [1.54, 1.807) is 18.3 Å². The van der Waals surface area contributed by atoms with Gasteiger partial charge in [0.1, 0.15) is 11.9 Å². The summed E-state index contributed by atoms with van der Waals surface area (Å²) in [5.41, 5.74) is 4.93. The fourth-order valence-corrected chi connectivity index (χ4v) is 4.98. The summed E-state index contributed by atoms with van der Waals surface area (Å²) in [6.45, 7) is 3.37. The first-order valence-corrected chi connectivity index (χ1v) is 12.8. The molecule has 2 fully saturated rings. The van der Waals surface area contributed by atoms with Gasteiger partial charge < -0.3 is 15.0 Å². The van der Waals surface area contributed by atoms with Gasteiger partial charge in [-0.15, -0.1) is 0 Å². The molecule has 0 atom stereocenters. The highest BCUT2D eigenvalue weighted by molar-refractivity contribution is 5.94. The molecule has 1 aliphatic heterocycles. The molecule has 0 spiro atoms. The average Bonchev–Trinajstić information content (AvgIpc) is 2.95. The van der Waals surface area contributed by atoms with Gasteiger partial charge in [0.15, 0.2) is 0 Å². The lowest BCUT2D eigenvalue weighted by Gasteiger charge is -2.28. The Morgan fingerprint density at radius 2 is 1.83 bits per heavy atom. The minimum atomic E-state index is 0.0166. The molecule has 1 saturated carbocycles. The summed E-state index contributed by atoms with van der Waals surface area (Å²) in [7, 11) is 0. The Morgan fingerprint density at radius 1 is 1.06 bits per heavy atom. The number of ether oxygens (including phenoxy) is 1. The van der Waals surface area contributed by atoms with Crippen LogP contribution in [0.15, 0.2) is 54.7 Å². The highest BCUT2D eigenvalue weighted by Crippen LogP contribution is 2.28. The van der Waals surface area contributed by atoms with Crippen LogP contribution in [0.1, 0.15) is 49.1 Å². The number of morpholine rings is 1. The lowest BCUT2D eigenvalue weighted by Crippen LogP contribution is -2.36. The van der Waals surface area contributed by atoms with Crippen LogP contribution in [0.5, 0.6) is 0 Å². The van der Waals surface area contributed by atoms with Gasteiger partial charge in [-0.05, 0) is 48.7 Å². The molecule has 1 N–H and O–H groups in total.